The highest BCUT2D eigenvalue weighted by atomic mass is 19.4. The lowest BCUT2D eigenvalue weighted by atomic mass is 9.93. The average Bonchev–Trinajstić information content (AvgIpc) is 2.71. The topological polar surface area (TPSA) is 56.1 Å². The summed E-state index contributed by atoms with van der Waals surface area (Å²) in [6, 6.07) is 6.81. The molecular weight excluding hydrogens is 307 g/mol. The number of nitriles is 1. The summed E-state index contributed by atoms with van der Waals surface area (Å²) >= 11 is 0. The quantitative estimate of drug-likeness (QED) is 0.926. The van der Waals surface area contributed by atoms with Gasteiger partial charge in [0.25, 0.3) is 0 Å². The van der Waals surface area contributed by atoms with Gasteiger partial charge in [-0.1, -0.05) is 18.2 Å². The fraction of sp³-hybridized carbons (Fsp3) is 0.500. The van der Waals surface area contributed by atoms with Gasteiger partial charge >= 0.3 is 6.18 Å². The molecule has 1 fully saturated rings. The molecule has 4 nitrogen and oxygen atoms in total. The minimum Gasteiger partial charge on any atom is -0.288 e. The van der Waals surface area contributed by atoms with Crippen LogP contribution in [0, 0.1) is 16.7 Å². The summed E-state index contributed by atoms with van der Waals surface area (Å²) in [5.41, 5.74) is 2.42. The Morgan fingerprint density at radius 1 is 1.39 bits per heavy atom. The predicted octanol–water partition coefficient (Wildman–Crippen LogP) is 2.79. The molecular formula is C16H18F3N3O. The first-order valence-corrected chi connectivity index (χ1v) is 7.27. The van der Waals surface area contributed by atoms with Crippen molar-refractivity contribution in [2.45, 2.75) is 38.9 Å². The van der Waals surface area contributed by atoms with E-state index >= 15 is 0 Å². The van der Waals surface area contributed by atoms with Gasteiger partial charge in [-0.15, -0.1) is 0 Å². The molecule has 124 valence electrons. The van der Waals surface area contributed by atoms with Crippen molar-refractivity contribution in [2.24, 2.45) is 5.41 Å². The molecule has 0 saturated carbocycles. The standard InChI is InChI=1S/C16H18F3N3O/c1-15(2)10-22(21-14(15)23)13(16(17,18)19)8-7-11-5-3-4-6-12(11)9-20/h3-6,13H,7-8,10H2,1-2H3,(H,21,23). The van der Waals surface area contributed by atoms with Crippen LogP contribution in [0.4, 0.5) is 13.2 Å². The Bertz CT molecular complexity index is 634. The van der Waals surface area contributed by atoms with Gasteiger partial charge < -0.3 is 0 Å². The second-order valence-corrected chi connectivity index (χ2v) is 6.32. The monoisotopic (exact) mass is 325 g/mol. The van der Waals surface area contributed by atoms with Crippen molar-refractivity contribution in [3.63, 3.8) is 0 Å². The molecule has 1 heterocycles. The molecule has 1 saturated heterocycles. The zero-order chi connectivity index (χ0) is 17.3. The molecule has 1 amide bonds. The van der Waals surface area contributed by atoms with E-state index in [1.807, 2.05) is 6.07 Å². The van der Waals surface area contributed by atoms with Crippen LogP contribution in [0.1, 0.15) is 31.4 Å². The van der Waals surface area contributed by atoms with Gasteiger partial charge in [-0.05, 0) is 38.3 Å². The van der Waals surface area contributed by atoms with E-state index in [0.717, 1.165) is 5.01 Å². The van der Waals surface area contributed by atoms with E-state index in [-0.39, 0.29) is 19.4 Å². The lowest BCUT2D eigenvalue weighted by molar-refractivity contribution is -0.190. The number of hydrogen-bond acceptors (Lipinski definition) is 3. The predicted molar refractivity (Wildman–Crippen MR) is 78.0 cm³/mol. The number of aryl methyl sites for hydroxylation is 1. The third-order valence-electron chi connectivity index (χ3n) is 4.00. The molecule has 23 heavy (non-hydrogen) atoms. The maximum atomic E-state index is 13.4. The van der Waals surface area contributed by atoms with E-state index in [4.69, 9.17) is 5.26 Å². The highest BCUT2D eigenvalue weighted by Gasteiger charge is 2.49. The first-order valence-electron chi connectivity index (χ1n) is 7.27. The van der Waals surface area contributed by atoms with Crippen molar-refractivity contribution < 1.29 is 18.0 Å². The number of amides is 1. The van der Waals surface area contributed by atoms with Gasteiger partial charge in [0.2, 0.25) is 5.91 Å². The van der Waals surface area contributed by atoms with Crippen LogP contribution in [0.15, 0.2) is 24.3 Å². The summed E-state index contributed by atoms with van der Waals surface area (Å²) < 4.78 is 40.1. The second kappa shape index (κ2) is 6.20. The zero-order valence-corrected chi connectivity index (χ0v) is 12.9. The molecule has 0 aromatic heterocycles. The summed E-state index contributed by atoms with van der Waals surface area (Å²) in [5.74, 6) is -0.413. The summed E-state index contributed by atoms with van der Waals surface area (Å²) in [6.45, 7) is 3.22. The van der Waals surface area contributed by atoms with Gasteiger partial charge in [0.05, 0.1) is 17.0 Å². The fourth-order valence-corrected chi connectivity index (χ4v) is 2.64. The molecule has 1 unspecified atom stereocenters. The van der Waals surface area contributed by atoms with Crippen molar-refractivity contribution in [2.75, 3.05) is 6.54 Å². The van der Waals surface area contributed by atoms with Crippen molar-refractivity contribution in [3.05, 3.63) is 35.4 Å². The Kier molecular flexibility index (Phi) is 4.66. The van der Waals surface area contributed by atoms with E-state index in [1.54, 1.807) is 38.1 Å². The summed E-state index contributed by atoms with van der Waals surface area (Å²) in [7, 11) is 0. The van der Waals surface area contributed by atoms with Crippen LogP contribution in [0.25, 0.3) is 0 Å². The summed E-state index contributed by atoms with van der Waals surface area (Å²) in [5, 5.41) is 9.99. The maximum absolute atomic E-state index is 13.4. The number of alkyl halides is 3. The number of nitrogens with one attached hydrogen (secondary N) is 1. The van der Waals surface area contributed by atoms with Crippen molar-refractivity contribution in [3.8, 4) is 6.07 Å². The summed E-state index contributed by atoms with van der Waals surface area (Å²) in [6.07, 6.45) is -4.57. The van der Waals surface area contributed by atoms with E-state index in [1.165, 1.54) is 0 Å². The summed E-state index contributed by atoms with van der Waals surface area (Å²) in [4.78, 5) is 11.7. The lowest BCUT2D eigenvalue weighted by Crippen LogP contribution is -2.50. The molecule has 1 N–H and O–H groups in total. The Hall–Kier alpha value is -2.07. The molecule has 0 radical (unpaired) electrons. The van der Waals surface area contributed by atoms with Crippen LogP contribution in [-0.2, 0) is 11.2 Å². The van der Waals surface area contributed by atoms with Gasteiger partial charge in [-0.3, -0.25) is 10.2 Å². The number of carbonyl (C=O) groups is 1. The van der Waals surface area contributed by atoms with E-state index < -0.39 is 23.5 Å². The first kappa shape index (κ1) is 17.3. The van der Waals surface area contributed by atoms with Gasteiger partial charge in [-0.25, -0.2) is 5.01 Å². The molecule has 7 heteroatoms. The third-order valence-corrected chi connectivity index (χ3v) is 4.00. The Balaban J connectivity index is 2.15. The molecule has 0 bridgehead atoms. The molecule has 0 spiro atoms. The number of carbonyl (C=O) groups excluding carboxylic acids is 1. The fourth-order valence-electron chi connectivity index (χ4n) is 2.64. The normalized spacial score (nSPS) is 19.2. The van der Waals surface area contributed by atoms with E-state index in [9.17, 15) is 18.0 Å². The van der Waals surface area contributed by atoms with Gasteiger partial charge in [-0.2, -0.15) is 18.4 Å². The van der Waals surface area contributed by atoms with E-state index in [2.05, 4.69) is 5.43 Å². The smallest absolute Gasteiger partial charge is 0.288 e. The van der Waals surface area contributed by atoms with Crippen molar-refractivity contribution in [1.29, 1.82) is 5.26 Å². The van der Waals surface area contributed by atoms with Crippen LogP contribution >= 0.6 is 0 Å². The molecule has 1 aromatic rings. The number of hydrazine groups is 1. The van der Waals surface area contributed by atoms with E-state index in [0.29, 0.717) is 11.1 Å². The number of rotatable bonds is 4. The average molecular weight is 325 g/mol. The number of benzene rings is 1. The number of nitrogens with zero attached hydrogens (tertiary/aromatic N) is 2. The minimum atomic E-state index is -4.46. The van der Waals surface area contributed by atoms with Crippen LogP contribution in [0.3, 0.4) is 0 Å². The SMILES string of the molecule is CC1(C)CN(C(CCc2ccccc2C#N)C(F)(F)F)NC1=O. The molecule has 1 aliphatic heterocycles. The van der Waals surface area contributed by atoms with Gasteiger partial charge in [0, 0.05) is 6.54 Å². The molecule has 2 rings (SSSR count). The van der Waals surface area contributed by atoms with Crippen LogP contribution in [-0.4, -0.2) is 29.7 Å². The van der Waals surface area contributed by atoms with Crippen molar-refractivity contribution >= 4 is 5.91 Å². The van der Waals surface area contributed by atoms with Gasteiger partial charge in [0.15, 0.2) is 0 Å². The highest BCUT2D eigenvalue weighted by Crippen LogP contribution is 2.33. The van der Waals surface area contributed by atoms with Crippen molar-refractivity contribution in [1.82, 2.24) is 10.4 Å². The third kappa shape index (κ3) is 3.82. The minimum absolute atomic E-state index is 0.00406. The largest absolute Gasteiger partial charge is 0.405 e. The molecule has 0 aliphatic carbocycles. The first-order chi connectivity index (χ1) is 10.6. The van der Waals surface area contributed by atoms with Crippen LogP contribution < -0.4 is 5.43 Å². The zero-order valence-electron chi connectivity index (χ0n) is 12.9. The maximum Gasteiger partial charge on any atom is 0.405 e. The Labute approximate surface area is 132 Å². The number of hydrogen-bond donors (Lipinski definition) is 1. The molecule has 1 aromatic carbocycles. The molecule has 1 atom stereocenters. The van der Waals surface area contributed by atoms with Crippen LogP contribution in [0.2, 0.25) is 0 Å². The van der Waals surface area contributed by atoms with Crippen LogP contribution in [0.5, 0.6) is 0 Å². The second-order valence-electron chi connectivity index (χ2n) is 6.32. The molecule has 1 aliphatic rings. The number of halogens is 3. The Morgan fingerprint density at radius 3 is 2.57 bits per heavy atom. The van der Waals surface area contributed by atoms with Gasteiger partial charge in [0.1, 0.15) is 6.04 Å². The Morgan fingerprint density at radius 2 is 2.04 bits per heavy atom. The lowest BCUT2D eigenvalue weighted by Gasteiger charge is -2.29. The highest BCUT2D eigenvalue weighted by molar-refractivity contribution is 5.83.